The van der Waals surface area contributed by atoms with E-state index in [4.69, 9.17) is 42.1 Å². The normalized spacial score (nSPS) is 16.9. The molecule has 2 aromatic carbocycles. The molecule has 0 aliphatic carbocycles. The molecule has 0 radical (unpaired) electrons. The summed E-state index contributed by atoms with van der Waals surface area (Å²) in [4.78, 5) is 13.3. The largest absolute Gasteiger partial charge is 0.486 e. The number of rotatable bonds is 6. The molecule has 5 nitrogen and oxygen atoms in total. The second-order valence-electron chi connectivity index (χ2n) is 6.62. The Morgan fingerprint density at radius 3 is 1.50 bits per heavy atom. The molecule has 0 fully saturated rings. The van der Waals surface area contributed by atoms with Gasteiger partial charge in [0.25, 0.3) is 0 Å². The monoisotopic (exact) mass is 422 g/mol. The van der Waals surface area contributed by atoms with E-state index in [9.17, 15) is 4.79 Å². The number of fused-ring (bicyclic) bond motifs is 2. The molecule has 0 bridgehead atoms. The van der Waals surface area contributed by atoms with Crippen molar-refractivity contribution in [1.82, 2.24) is 0 Å². The van der Waals surface area contributed by atoms with Gasteiger partial charge in [0.2, 0.25) is 0 Å². The van der Waals surface area contributed by atoms with Crippen LogP contribution in [0.15, 0.2) is 36.4 Å². The summed E-state index contributed by atoms with van der Waals surface area (Å²) in [6.07, 6.45) is 0. The van der Waals surface area contributed by atoms with E-state index in [1.54, 1.807) is 0 Å². The highest BCUT2D eigenvalue weighted by Gasteiger charge is 2.30. The van der Waals surface area contributed by atoms with Gasteiger partial charge in [-0.1, -0.05) is 12.1 Å². The average molecular weight is 423 g/mol. The topological polar surface area (TPSA) is 54.0 Å². The van der Waals surface area contributed by atoms with Crippen LogP contribution in [-0.2, 0) is 4.79 Å². The Morgan fingerprint density at radius 2 is 1.11 bits per heavy atom. The molecule has 2 unspecified atom stereocenters. The van der Waals surface area contributed by atoms with Gasteiger partial charge >= 0.3 is 0 Å². The van der Waals surface area contributed by atoms with Crippen molar-refractivity contribution in [3.05, 3.63) is 47.5 Å². The summed E-state index contributed by atoms with van der Waals surface area (Å²) in [6.45, 7) is 2.00. The Hall–Kier alpha value is -2.11. The Bertz CT molecular complexity index is 800. The van der Waals surface area contributed by atoms with Gasteiger partial charge in [0.05, 0.1) is 11.8 Å². The van der Waals surface area contributed by atoms with Crippen LogP contribution in [0, 0.1) is 0 Å². The number of Topliss-reactive ketones (excluding diaryl/α,β-unsaturated/α-hetero) is 1. The van der Waals surface area contributed by atoms with Crippen LogP contribution in [0.2, 0.25) is 0 Å². The van der Waals surface area contributed by atoms with Gasteiger partial charge in [-0.3, -0.25) is 4.79 Å². The zero-order valence-corrected chi connectivity index (χ0v) is 16.7. The fraction of sp³-hybridized carbons (Fsp3) is 0.381. The molecule has 0 amide bonds. The predicted molar refractivity (Wildman–Crippen MR) is 107 cm³/mol. The van der Waals surface area contributed by atoms with Crippen molar-refractivity contribution in [2.45, 2.75) is 11.8 Å². The molecule has 0 aromatic heterocycles. The molecular formula is C21H20Cl2O5. The van der Waals surface area contributed by atoms with Crippen molar-refractivity contribution in [3.63, 3.8) is 0 Å². The van der Waals surface area contributed by atoms with E-state index in [-0.39, 0.29) is 17.5 Å². The molecule has 148 valence electrons. The van der Waals surface area contributed by atoms with Gasteiger partial charge in [-0.2, -0.15) is 0 Å². The Morgan fingerprint density at radius 1 is 0.714 bits per heavy atom. The summed E-state index contributed by atoms with van der Waals surface area (Å²) in [5.41, 5.74) is 1.58. The van der Waals surface area contributed by atoms with Crippen molar-refractivity contribution >= 4 is 29.0 Å². The van der Waals surface area contributed by atoms with Gasteiger partial charge in [0.1, 0.15) is 32.2 Å². The SMILES string of the molecule is O=C(C(CCl)c1ccc2c(c1)OCCO2)C(CCl)c1ccc2c(c1)OCCO2. The molecule has 0 N–H and O–H groups in total. The predicted octanol–water partition coefficient (Wildman–Crippen LogP) is 4.14. The molecule has 2 atom stereocenters. The number of ether oxygens (including phenoxy) is 4. The fourth-order valence-electron chi connectivity index (χ4n) is 3.46. The maximum atomic E-state index is 13.3. The summed E-state index contributed by atoms with van der Waals surface area (Å²) in [7, 11) is 0. The Balaban J connectivity index is 1.61. The maximum absolute atomic E-state index is 13.3. The number of halogens is 2. The van der Waals surface area contributed by atoms with E-state index in [0.29, 0.717) is 49.4 Å². The minimum atomic E-state index is -0.505. The van der Waals surface area contributed by atoms with Crippen molar-refractivity contribution in [1.29, 1.82) is 0 Å². The first kappa shape index (κ1) is 19.2. The standard InChI is InChI=1S/C21H20Cl2O5/c22-11-15(13-1-3-17-19(9-13)27-7-5-25-17)21(24)16(12-23)14-2-4-18-20(10-14)28-8-6-26-18/h1-4,9-10,15-16H,5-8,11-12H2. The average Bonchev–Trinajstić information content (AvgIpc) is 2.74. The highest BCUT2D eigenvalue weighted by molar-refractivity contribution is 6.22. The molecule has 2 aliphatic rings. The van der Waals surface area contributed by atoms with E-state index in [1.165, 1.54) is 0 Å². The van der Waals surface area contributed by atoms with Gasteiger partial charge in [-0.25, -0.2) is 0 Å². The molecule has 7 heteroatoms. The molecular weight excluding hydrogens is 403 g/mol. The van der Waals surface area contributed by atoms with Crippen LogP contribution in [0.4, 0.5) is 0 Å². The van der Waals surface area contributed by atoms with Crippen LogP contribution in [-0.4, -0.2) is 44.0 Å². The molecule has 2 heterocycles. The number of hydrogen-bond acceptors (Lipinski definition) is 5. The van der Waals surface area contributed by atoms with Crippen molar-refractivity contribution < 1.29 is 23.7 Å². The molecule has 28 heavy (non-hydrogen) atoms. The van der Waals surface area contributed by atoms with E-state index in [2.05, 4.69) is 0 Å². The third kappa shape index (κ3) is 3.74. The maximum Gasteiger partial charge on any atom is 0.161 e. The van der Waals surface area contributed by atoms with E-state index >= 15 is 0 Å². The van der Waals surface area contributed by atoms with Gasteiger partial charge < -0.3 is 18.9 Å². The zero-order valence-electron chi connectivity index (χ0n) is 15.2. The zero-order chi connectivity index (χ0) is 19.5. The third-order valence-corrected chi connectivity index (χ3v) is 5.55. The smallest absolute Gasteiger partial charge is 0.161 e. The van der Waals surface area contributed by atoms with E-state index in [0.717, 1.165) is 11.1 Å². The summed E-state index contributed by atoms with van der Waals surface area (Å²) in [5.74, 6) is 1.87. The summed E-state index contributed by atoms with van der Waals surface area (Å²) < 4.78 is 22.4. The second-order valence-corrected chi connectivity index (χ2v) is 7.24. The van der Waals surface area contributed by atoms with Gasteiger partial charge in [0.15, 0.2) is 23.0 Å². The molecule has 0 saturated carbocycles. The van der Waals surface area contributed by atoms with Crippen LogP contribution in [0.3, 0.4) is 0 Å². The van der Waals surface area contributed by atoms with Crippen molar-refractivity contribution in [3.8, 4) is 23.0 Å². The van der Waals surface area contributed by atoms with Gasteiger partial charge in [0, 0.05) is 11.8 Å². The van der Waals surface area contributed by atoms with Crippen molar-refractivity contribution in [2.24, 2.45) is 0 Å². The summed E-state index contributed by atoms with van der Waals surface area (Å²) in [5, 5.41) is 0. The second kappa shape index (κ2) is 8.50. The lowest BCUT2D eigenvalue weighted by Crippen LogP contribution is -2.24. The van der Waals surface area contributed by atoms with Gasteiger partial charge in [-0.05, 0) is 35.4 Å². The number of hydrogen-bond donors (Lipinski definition) is 0. The lowest BCUT2D eigenvalue weighted by atomic mass is 9.85. The molecule has 2 aliphatic heterocycles. The van der Waals surface area contributed by atoms with Gasteiger partial charge in [-0.15, -0.1) is 23.2 Å². The number of carbonyl (C=O) groups excluding carboxylic acids is 1. The quantitative estimate of drug-likeness (QED) is 0.654. The number of ketones is 1. The summed E-state index contributed by atoms with van der Waals surface area (Å²) >= 11 is 12.4. The third-order valence-electron chi connectivity index (χ3n) is 4.93. The summed E-state index contributed by atoms with van der Waals surface area (Å²) in [6, 6.07) is 11.0. The number of benzene rings is 2. The molecule has 2 aromatic rings. The van der Waals surface area contributed by atoms with Crippen LogP contribution < -0.4 is 18.9 Å². The first-order valence-corrected chi connectivity index (χ1v) is 10.2. The van der Waals surface area contributed by atoms with E-state index in [1.807, 2.05) is 36.4 Å². The number of carbonyl (C=O) groups is 1. The first-order chi connectivity index (χ1) is 13.7. The fourth-order valence-corrected chi connectivity index (χ4v) is 4.12. The van der Waals surface area contributed by atoms with E-state index < -0.39 is 11.8 Å². The van der Waals surface area contributed by atoms with Crippen LogP contribution in [0.5, 0.6) is 23.0 Å². The van der Waals surface area contributed by atoms with Crippen LogP contribution in [0.1, 0.15) is 23.0 Å². The Labute approximate surface area is 173 Å². The minimum absolute atomic E-state index is 0.0432. The minimum Gasteiger partial charge on any atom is -0.486 e. The highest BCUT2D eigenvalue weighted by Crippen LogP contribution is 2.38. The lowest BCUT2D eigenvalue weighted by Gasteiger charge is -2.24. The number of alkyl halides is 2. The Kier molecular flexibility index (Phi) is 5.83. The van der Waals surface area contributed by atoms with Crippen LogP contribution in [0.25, 0.3) is 0 Å². The molecule has 0 saturated heterocycles. The lowest BCUT2D eigenvalue weighted by molar-refractivity contribution is -0.121. The molecule has 4 rings (SSSR count). The highest BCUT2D eigenvalue weighted by atomic mass is 35.5. The molecule has 0 spiro atoms. The van der Waals surface area contributed by atoms with Crippen molar-refractivity contribution in [2.75, 3.05) is 38.2 Å². The van der Waals surface area contributed by atoms with Crippen LogP contribution >= 0.6 is 23.2 Å². The first-order valence-electron chi connectivity index (χ1n) is 9.16.